The van der Waals surface area contributed by atoms with Crippen LogP contribution in [0.2, 0.25) is 0 Å². The van der Waals surface area contributed by atoms with E-state index in [1.807, 2.05) is 30.3 Å². The van der Waals surface area contributed by atoms with E-state index in [-0.39, 0.29) is 5.91 Å². The normalized spacial score (nSPS) is 16.5. The number of thioether (sulfide) groups is 1. The number of carbonyl (C=O) groups excluding carboxylic acids is 1. The van der Waals surface area contributed by atoms with Crippen LogP contribution in [0.5, 0.6) is 0 Å². The summed E-state index contributed by atoms with van der Waals surface area (Å²) < 4.78 is 0.592. The van der Waals surface area contributed by atoms with Crippen molar-refractivity contribution in [3.05, 3.63) is 70.4 Å². The van der Waals surface area contributed by atoms with Crippen LogP contribution in [0.3, 0.4) is 0 Å². The molecule has 122 valence electrons. The first-order chi connectivity index (χ1) is 11.5. The van der Waals surface area contributed by atoms with Gasteiger partial charge in [0.2, 0.25) is 0 Å². The van der Waals surface area contributed by atoms with Gasteiger partial charge in [-0.3, -0.25) is 14.7 Å². The molecule has 3 rings (SSSR count). The van der Waals surface area contributed by atoms with E-state index >= 15 is 0 Å². The molecule has 0 spiro atoms. The zero-order valence-electron chi connectivity index (χ0n) is 13.6. The maximum atomic E-state index is 12.6. The molecule has 1 aromatic heterocycles. The third-order valence-electron chi connectivity index (χ3n) is 3.84. The van der Waals surface area contributed by atoms with Crippen molar-refractivity contribution in [1.82, 2.24) is 9.88 Å². The Kier molecular flexibility index (Phi) is 5.11. The first-order valence-electron chi connectivity index (χ1n) is 7.79. The van der Waals surface area contributed by atoms with Gasteiger partial charge in [0.25, 0.3) is 5.91 Å². The van der Waals surface area contributed by atoms with Gasteiger partial charge in [0.05, 0.1) is 11.4 Å². The summed E-state index contributed by atoms with van der Waals surface area (Å²) >= 11 is 6.73. The van der Waals surface area contributed by atoms with Gasteiger partial charge in [-0.25, -0.2) is 0 Å². The second-order valence-corrected chi connectivity index (χ2v) is 7.63. The molecule has 1 aliphatic heterocycles. The molecule has 0 bridgehead atoms. The predicted octanol–water partition coefficient (Wildman–Crippen LogP) is 4.61. The molecule has 1 amide bonds. The third kappa shape index (κ3) is 3.74. The Morgan fingerprint density at radius 3 is 2.62 bits per heavy atom. The first-order valence-corrected chi connectivity index (χ1v) is 9.01. The molecule has 1 fully saturated rings. The third-order valence-corrected chi connectivity index (χ3v) is 5.22. The minimum absolute atomic E-state index is 0.0400. The Morgan fingerprint density at radius 2 is 2.00 bits per heavy atom. The van der Waals surface area contributed by atoms with Crippen molar-refractivity contribution in [2.24, 2.45) is 0 Å². The standard InChI is InChI=1S/C19H18N2OS2/c1-13(2)16-7-5-14(6-8-16)10-17-18(22)21(19(23)24-17)12-15-4-3-9-20-11-15/h3-11,13H,12H2,1-2H3/b17-10+. The molecule has 2 aromatic rings. The van der Waals surface area contributed by atoms with Crippen LogP contribution < -0.4 is 0 Å². The number of amides is 1. The average Bonchev–Trinajstić information content (AvgIpc) is 2.84. The Bertz CT molecular complexity index is 783. The molecule has 1 aliphatic rings. The van der Waals surface area contributed by atoms with Crippen LogP contribution in [0.4, 0.5) is 0 Å². The topological polar surface area (TPSA) is 33.2 Å². The number of pyridine rings is 1. The zero-order chi connectivity index (χ0) is 17.1. The van der Waals surface area contributed by atoms with Gasteiger partial charge < -0.3 is 0 Å². The van der Waals surface area contributed by atoms with Crippen molar-refractivity contribution >= 4 is 40.3 Å². The smallest absolute Gasteiger partial charge is 0.266 e. The van der Waals surface area contributed by atoms with Gasteiger partial charge in [-0.15, -0.1) is 0 Å². The van der Waals surface area contributed by atoms with E-state index < -0.39 is 0 Å². The van der Waals surface area contributed by atoms with Gasteiger partial charge in [0.1, 0.15) is 4.32 Å². The summed E-state index contributed by atoms with van der Waals surface area (Å²) in [5.74, 6) is 0.457. The van der Waals surface area contributed by atoms with Crippen molar-refractivity contribution < 1.29 is 4.79 Å². The highest BCUT2D eigenvalue weighted by atomic mass is 32.2. The number of aromatic nitrogens is 1. The van der Waals surface area contributed by atoms with Crippen LogP contribution >= 0.6 is 24.0 Å². The van der Waals surface area contributed by atoms with Gasteiger partial charge in [-0.2, -0.15) is 0 Å². The highest BCUT2D eigenvalue weighted by Gasteiger charge is 2.31. The molecule has 0 N–H and O–H groups in total. The first kappa shape index (κ1) is 16.9. The van der Waals surface area contributed by atoms with Gasteiger partial charge in [-0.1, -0.05) is 68.2 Å². The monoisotopic (exact) mass is 354 g/mol. The summed E-state index contributed by atoms with van der Waals surface area (Å²) in [5, 5.41) is 0. The molecule has 0 saturated carbocycles. The Morgan fingerprint density at radius 1 is 1.25 bits per heavy atom. The molecule has 0 unspecified atom stereocenters. The van der Waals surface area contributed by atoms with E-state index in [0.29, 0.717) is 21.7 Å². The Balaban J connectivity index is 1.78. The molecular weight excluding hydrogens is 336 g/mol. The number of carbonyl (C=O) groups is 1. The minimum Gasteiger partial charge on any atom is -0.288 e. The number of nitrogens with zero attached hydrogens (tertiary/aromatic N) is 2. The van der Waals surface area contributed by atoms with Crippen molar-refractivity contribution in [3.8, 4) is 0 Å². The number of thiocarbonyl (C=S) groups is 1. The van der Waals surface area contributed by atoms with E-state index in [2.05, 4.69) is 31.0 Å². The van der Waals surface area contributed by atoms with E-state index in [9.17, 15) is 4.79 Å². The van der Waals surface area contributed by atoms with Crippen LogP contribution in [0.15, 0.2) is 53.7 Å². The van der Waals surface area contributed by atoms with Gasteiger partial charge in [-0.05, 0) is 34.8 Å². The van der Waals surface area contributed by atoms with Crippen molar-refractivity contribution in [2.75, 3.05) is 0 Å². The van der Waals surface area contributed by atoms with E-state index in [0.717, 1.165) is 11.1 Å². The number of benzene rings is 1. The molecule has 1 aromatic carbocycles. The minimum atomic E-state index is -0.0400. The van der Waals surface area contributed by atoms with Crippen LogP contribution in [0, 0.1) is 0 Å². The summed E-state index contributed by atoms with van der Waals surface area (Å²) in [6, 6.07) is 12.1. The molecule has 2 heterocycles. The molecule has 5 heteroatoms. The Labute approximate surface area is 151 Å². The zero-order valence-corrected chi connectivity index (χ0v) is 15.2. The largest absolute Gasteiger partial charge is 0.288 e. The average molecular weight is 354 g/mol. The molecule has 24 heavy (non-hydrogen) atoms. The quantitative estimate of drug-likeness (QED) is 0.593. The summed E-state index contributed by atoms with van der Waals surface area (Å²) in [6.07, 6.45) is 5.38. The van der Waals surface area contributed by atoms with Crippen molar-refractivity contribution in [2.45, 2.75) is 26.3 Å². The summed E-state index contributed by atoms with van der Waals surface area (Å²) in [5.41, 5.74) is 3.27. The fourth-order valence-electron chi connectivity index (χ4n) is 2.44. The van der Waals surface area contributed by atoms with Crippen LogP contribution in [0.1, 0.15) is 36.5 Å². The predicted molar refractivity (Wildman–Crippen MR) is 103 cm³/mol. The molecule has 0 aliphatic carbocycles. The second kappa shape index (κ2) is 7.28. The molecule has 1 saturated heterocycles. The lowest BCUT2D eigenvalue weighted by Gasteiger charge is -2.13. The lowest BCUT2D eigenvalue weighted by molar-refractivity contribution is -0.122. The fraction of sp³-hybridized carbons (Fsp3) is 0.211. The van der Waals surface area contributed by atoms with Crippen LogP contribution in [-0.4, -0.2) is 20.1 Å². The van der Waals surface area contributed by atoms with Gasteiger partial charge in [0, 0.05) is 12.4 Å². The van der Waals surface area contributed by atoms with Crippen molar-refractivity contribution in [3.63, 3.8) is 0 Å². The van der Waals surface area contributed by atoms with E-state index in [1.54, 1.807) is 17.3 Å². The van der Waals surface area contributed by atoms with E-state index in [4.69, 9.17) is 12.2 Å². The lowest BCUT2D eigenvalue weighted by atomic mass is 10.0. The molecule has 0 radical (unpaired) electrons. The lowest BCUT2D eigenvalue weighted by Crippen LogP contribution is -2.27. The van der Waals surface area contributed by atoms with Crippen molar-refractivity contribution in [1.29, 1.82) is 0 Å². The molecule has 3 nitrogen and oxygen atoms in total. The summed E-state index contributed by atoms with van der Waals surface area (Å²) in [7, 11) is 0. The maximum Gasteiger partial charge on any atom is 0.266 e. The highest BCUT2D eigenvalue weighted by Crippen LogP contribution is 2.33. The van der Waals surface area contributed by atoms with E-state index in [1.165, 1.54) is 17.3 Å². The fourth-order valence-corrected chi connectivity index (χ4v) is 3.69. The second-order valence-electron chi connectivity index (χ2n) is 5.95. The molecular formula is C19H18N2OS2. The number of rotatable bonds is 4. The maximum absolute atomic E-state index is 12.6. The SMILES string of the molecule is CC(C)c1ccc(/C=C2/SC(=S)N(Cc3cccnc3)C2=O)cc1. The highest BCUT2D eigenvalue weighted by molar-refractivity contribution is 8.26. The summed E-state index contributed by atoms with van der Waals surface area (Å²) in [4.78, 5) is 19.0. The summed E-state index contributed by atoms with van der Waals surface area (Å²) in [6.45, 7) is 4.79. The van der Waals surface area contributed by atoms with Gasteiger partial charge >= 0.3 is 0 Å². The van der Waals surface area contributed by atoms with Crippen LogP contribution in [0.25, 0.3) is 6.08 Å². The molecule has 0 atom stereocenters. The number of hydrogen-bond acceptors (Lipinski definition) is 4. The number of hydrogen-bond donors (Lipinski definition) is 0. The van der Waals surface area contributed by atoms with Gasteiger partial charge in [0.15, 0.2) is 0 Å². The Hall–Kier alpha value is -1.98. The van der Waals surface area contributed by atoms with Crippen LogP contribution in [-0.2, 0) is 11.3 Å².